The van der Waals surface area contributed by atoms with Gasteiger partial charge in [0.15, 0.2) is 0 Å². The Labute approximate surface area is 151 Å². The van der Waals surface area contributed by atoms with Crippen LogP contribution in [0.25, 0.3) is 11.4 Å². The average Bonchev–Trinajstić information content (AvgIpc) is 3.05. The van der Waals surface area contributed by atoms with Crippen molar-refractivity contribution in [3.05, 3.63) is 60.2 Å². The second-order valence-corrected chi connectivity index (χ2v) is 6.37. The number of anilines is 1. The topological polar surface area (TPSA) is 84.2 Å². The number of carbonyl (C=O) groups is 1. The number of aromatic nitrogens is 3. The van der Waals surface area contributed by atoms with Gasteiger partial charge in [-0.2, -0.15) is 4.98 Å². The number of aryl methyl sites for hydroxylation is 1. The highest BCUT2D eigenvalue weighted by Crippen LogP contribution is 2.24. The average molecular weight is 349 g/mol. The van der Waals surface area contributed by atoms with Gasteiger partial charge >= 0.3 is 0 Å². The summed E-state index contributed by atoms with van der Waals surface area (Å²) in [5.74, 6) is 0.963. The molecule has 0 bridgehead atoms. The van der Waals surface area contributed by atoms with Crippen molar-refractivity contribution >= 4 is 11.6 Å². The highest BCUT2D eigenvalue weighted by molar-refractivity contribution is 5.96. The van der Waals surface area contributed by atoms with E-state index < -0.39 is 0 Å². The van der Waals surface area contributed by atoms with Gasteiger partial charge in [-0.3, -0.25) is 14.7 Å². The number of benzene rings is 1. The molecule has 0 radical (unpaired) electrons. The molecule has 1 aliphatic rings. The molecule has 1 N–H and O–H groups in total. The van der Waals surface area contributed by atoms with Crippen molar-refractivity contribution in [3.63, 3.8) is 0 Å². The molecule has 1 amide bonds. The number of amides is 1. The van der Waals surface area contributed by atoms with Gasteiger partial charge in [0, 0.05) is 23.6 Å². The molecule has 7 heteroatoms. The van der Waals surface area contributed by atoms with Gasteiger partial charge in [0.25, 0.3) is 0 Å². The standard InChI is InChI=1S/C19H19N5O2/c1-24(12-17-22-18(23-26-17)14-6-4-10-20-11-14)16-9-8-13-5-2-3-7-15(13)21-19(16)25/h2-7,10-11,16H,8-9,12H2,1H3,(H,21,25)/t16-/m1/s1. The predicted molar refractivity (Wildman–Crippen MR) is 96.2 cm³/mol. The fourth-order valence-corrected chi connectivity index (χ4v) is 3.18. The van der Waals surface area contributed by atoms with Gasteiger partial charge in [-0.1, -0.05) is 23.4 Å². The number of para-hydroxylation sites is 1. The molecule has 132 valence electrons. The molecule has 3 heterocycles. The van der Waals surface area contributed by atoms with E-state index in [0.717, 1.165) is 29.7 Å². The lowest BCUT2D eigenvalue weighted by atomic mass is 10.1. The molecule has 1 aromatic carbocycles. The molecule has 7 nitrogen and oxygen atoms in total. The number of nitrogens with one attached hydrogen (secondary N) is 1. The maximum Gasteiger partial charge on any atom is 0.241 e. The van der Waals surface area contributed by atoms with Crippen molar-refractivity contribution in [3.8, 4) is 11.4 Å². The van der Waals surface area contributed by atoms with Crippen LogP contribution in [0.1, 0.15) is 17.9 Å². The molecule has 0 aliphatic carbocycles. The minimum Gasteiger partial charge on any atom is -0.338 e. The predicted octanol–water partition coefficient (Wildman–Crippen LogP) is 2.52. The van der Waals surface area contributed by atoms with Crippen LogP contribution in [0, 0.1) is 0 Å². The zero-order valence-electron chi connectivity index (χ0n) is 14.4. The lowest BCUT2D eigenvalue weighted by Gasteiger charge is -2.23. The molecular formula is C19H19N5O2. The molecule has 3 aromatic rings. The normalized spacial score (nSPS) is 16.8. The van der Waals surface area contributed by atoms with Crippen molar-refractivity contribution < 1.29 is 9.32 Å². The van der Waals surface area contributed by atoms with E-state index in [-0.39, 0.29) is 11.9 Å². The number of fused-ring (bicyclic) bond motifs is 1. The van der Waals surface area contributed by atoms with Crippen molar-refractivity contribution in [1.29, 1.82) is 0 Å². The number of pyridine rings is 1. The number of carbonyl (C=O) groups excluding carboxylic acids is 1. The van der Waals surface area contributed by atoms with Crippen LogP contribution in [-0.2, 0) is 17.8 Å². The third kappa shape index (κ3) is 3.34. The second-order valence-electron chi connectivity index (χ2n) is 6.37. The smallest absolute Gasteiger partial charge is 0.241 e. The molecule has 0 unspecified atom stereocenters. The van der Waals surface area contributed by atoms with Crippen molar-refractivity contribution in [2.75, 3.05) is 12.4 Å². The summed E-state index contributed by atoms with van der Waals surface area (Å²) in [5.41, 5.74) is 2.85. The Morgan fingerprint density at radius 1 is 1.27 bits per heavy atom. The maximum atomic E-state index is 12.6. The van der Waals surface area contributed by atoms with Crippen LogP contribution in [0.2, 0.25) is 0 Å². The first-order valence-electron chi connectivity index (χ1n) is 8.53. The number of hydrogen-bond acceptors (Lipinski definition) is 6. The van der Waals surface area contributed by atoms with Crippen LogP contribution < -0.4 is 5.32 Å². The van der Waals surface area contributed by atoms with Gasteiger partial charge in [0.05, 0.1) is 12.6 Å². The Morgan fingerprint density at radius 3 is 3.00 bits per heavy atom. The Bertz CT molecular complexity index is 909. The number of rotatable bonds is 4. The van der Waals surface area contributed by atoms with Crippen molar-refractivity contribution in [2.45, 2.75) is 25.4 Å². The monoisotopic (exact) mass is 349 g/mol. The fraction of sp³-hybridized carbons (Fsp3) is 0.263. The summed E-state index contributed by atoms with van der Waals surface area (Å²) >= 11 is 0. The van der Waals surface area contributed by atoms with Crippen LogP contribution >= 0.6 is 0 Å². The summed E-state index contributed by atoms with van der Waals surface area (Å²) in [6.45, 7) is 0.404. The first-order valence-corrected chi connectivity index (χ1v) is 8.53. The van der Waals surface area contributed by atoms with Gasteiger partial charge in [-0.05, 0) is 43.7 Å². The molecule has 0 saturated heterocycles. The van der Waals surface area contributed by atoms with E-state index in [1.165, 1.54) is 0 Å². The zero-order valence-corrected chi connectivity index (χ0v) is 14.4. The van der Waals surface area contributed by atoms with Gasteiger partial charge in [0.2, 0.25) is 17.6 Å². The minimum absolute atomic E-state index is 0.00977. The van der Waals surface area contributed by atoms with Crippen LogP contribution in [0.5, 0.6) is 0 Å². The number of hydrogen-bond donors (Lipinski definition) is 1. The highest BCUT2D eigenvalue weighted by atomic mass is 16.5. The Balaban J connectivity index is 1.46. The lowest BCUT2D eigenvalue weighted by molar-refractivity contribution is -0.121. The molecular weight excluding hydrogens is 330 g/mol. The Hall–Kier alpha value is -3.06. The van der Waals surface area contributed by atoms with E-state index in [9.17, 15) is 4.79 Å². The first-order chi connectivity index (χ1) is 12.7. The molecule has 0 fully saturated rings. The molecule has 1 atom stereocenters. The van der Waals surface area contributed by atoms with Gasteiger partial charge < -0.3 is 9.84 Å². The van der Waals surface area contributed by atoms with E-state index in [1.54, 1.807) is 12.4 Å². The molecule has 0 spiro atoms. The fourth-order valence-electron chi connectivity index (χ4n) is 3.18. The van der Waals surface area contributed by atoms with Crippen LogP contribution in [0.15, 0.2) is 53.3 Å². The SMILES string of the molecule is CN(Cc1nc(-c2cccnc2)no1)[C@@H]1CCc2ccccc2NC1=O. The number of nitrogens with zero attached hydrogens (tertiary/aromatic N) is 4. The first kappa shape index (κ1) is 16.4. The lowest BCUT2D eigenvalue weighted by Crippen LogP contribution is -2.40. The highest BCUT2D eigenvalue weighted by Gasteiger charge is 2.28. The van der Waals surface area contributed by atoms with E-state index in [0.29, 0.717) is 18.3 Å². The summed E-state index contributed by atoms with van der Waals surface area (Å²) in [6.07, 6.45) is 4.97. The molecule has 2 aromatic heterocycles. The van der Waals surface area contributed by atoms with Crippen molar-refractivity contribution in [1.82, 2.24) is 20.0 Å². The summed E-state index contributed by atoms with van der Waals surface area (Å²) < 4.78 is 5.35. The summed E-state index contributed by atoms with van der Waals surface area (Å²) in [5, 5.41) is 7.02. The summed E-state index contributed by atoms with van der Waals surface area (Å²) in [7, 11) is 1.90. The van der Waals surface area contributed by atoms with Gasteiger partial charge in [-0.15, -0.1) is 0 Å². The van der Waals surface area contributed by atoms with E-state index in [4.69, 9.17) is 4.52 Å². The number of likely N-dealkylation sites (N-methyl/N-ethyl adjacent to an activating group) is 1. The maximum absolute atomic E-state index is 12.6. The molecule has 0 saturated carbocycles. The third-order valence-corrected chi connectivity index (χ3v) is 4.57. The van der Waals surface area contributed by atoms with Gasteiger partial charge in [-0.25, -0.2) is 0 Å². The third-order valence-electron chi connectivity index (χ3n) is 4.57. The van der Waals surface area contributed by atoms with E-state index in [2.05, 4.69) is 26.5 Å². The summed E-state index contributed by atoms with van der Waals surface area (Å²) in [6, 6.07) is 11.4. The van der Waals surface area contributed by atoms with E-state index in [1.807, 2.05) is 42.3 Å². The quantitative estimate of drug-likeness (QED) is 0.779. The minimum atomic E-state index is -0.254. The zero-order chi connectivity index (χ0) is 17.9. The van der Waals surface area contributed by atoms with Gasteiger partial charge in [0.1, 0.15) is 0 Å². The van der Waals surface area contributed by atoms with Crippen LogP contribution in [0.4, 0.5) is 5.69 Å². The van der Waals surface area contributed by atoms with Crippen LogP contribution in [-0.4, -0.2) is 39.0 Å². The Kier molecular flexibility index (Phi) is 4.45. The Morgan fingerprint density at radius 2 is 2.15 bits per heavy atom. The summed E-state index contributed by atoms with van der Waals surface area (Å²) in [4.78, 5) is 23.0. The molecule has 4 rings (SSSR count). The van der Waals surface area contributed by atoms with E-state index >= 15 is 0 Å². The largest absolute Gasteiger partial charge is 0.338 e. The molecule has 26 heavy (non-hydrogen) atoms. The molecule has 1 aliphatic heterocycles. The second kappa shape index (κ2) is 7.05. The van der Waals surface area contributed by atoms with Crippen LogP contribution in [0.3, 0.4) is 0 Å². The van der Waals surface area contributed by atoms with Crippen molar-refractivity contribution in [2.24, 2.45) is 0 Å².